The lowest BCUT2D eigenvalue weighted by molar-refractivity contribution is 0.529. The quantitative estimate of drug-likeness (QED) is 0.164. The average molecular weight is 579 g/mol. The topological polar surface area (TPSA) is 48.1 Å². The van der Waals surface area contributed by atoms with Crippen LogP contribution < -0.4 is 21.3 Å². The third-order valence-corrected chi connectivity index (χ3v) is 9.20. The maximum absolute atomic E-state index is 3.99. The molecule has 4 heteroatoms. The normalized spacial score (nSPS) is 22.8. The van der Waals surface area contributed by atoms with E-state index in [2.05, 4.69) is 182 Å². The van der Waals surface area contributed by atoms with Crippen LogP contribution in [-0.2, 0) is 5.41 Å². The summed E-state index contributed by atoms with van der Waals surface area (Å²) >= 11 is 0. The first-order chi connectivity index (χ1) is 21.4. The molecule has 2 aliphatic heterocycles. The second-order valence-corrected chi connectivity index (χ2v) is 13.2. The highest BCUT2D eigenvalue weighted by Crippen LogP contribution is 2.41. The first-order valence-corrected chi connectivity index (χ1v) is 15.8. The van der Waals surface area contributed by atoms with Crippen molar-refractivity contribution in [3.05, 3.63) is 178 Å². The van der Waals surface area contributed by atoms with Gasteiger partial charge in [-0.3, -0.25) is 21.3 Å². The van der Waals surface area contributed by atoms with Crippen LogP contribution in [0.3, 0.4) is 0 Å². The lowest BCUT2D eigenvalue weighted by Gasteiger charge is -2.25. The molecule has 2 aliphatic rings. The Morgan fingerprint density at radius 2 is 0.636 bits per heavy atom. The van der Waals surface area contributed by atoms with Crippen molar-refractivity contribution in [2.24, 2.45) is 0 Å². The van der Waals surface area contributed by atoms with Crippen molar-refractivity contribution in [3.63, 3.8) is 0 Å². The minimum Gasteiger partial charge on any atom is -0.289 e. The van der Waals surface area contributed by atoms with Gasteiger partial charge in [0.1, 0.15) is 0 Å². The molecule has 44 heavy (non-hydrogen) atoms. The molecule has 2 heterocycles. The SMILES string of the molecule is CC(C)(C)c1cc(C2N[C@H](c3ccccc3)[C@@H](c3ccccc3)N2)cc(C2N[C@H](c3ccccc3)[C@@H](c3ccccc3)N2)c1. The van der Waals surface area contributed by atoms with Gasteiger partial charge >= 0.3 is 0 Å². The molecular formula is C40H42N4. The molecule has 2 fully saturated rings. The first kappa shape index (κ1) is 28.7. The van der Waals surface area contributed by atoms with E-state index >= 15 is 0 Å². The van der Waals surface area contributed by atoms with Crippen molar-refractivity contribution in [3.8, 4) is 0 Å². The lowest BCUT2D eigenvalue weighted by atomic mass is 9.84. The fraction of sp³-hybridized carbons (Fsp3) is 0.250. The monoisotopic (exact) mass is 578 g/mol. The summed E-state index contributed by atoms with van der Waals surface area (Å²) in [4.78, 5) is 0. The predicted molar refractivity (Wildman–Crippen MR) is 180 cm³/mol. The average Bonchev–Trinajstić information content (AvgIpc) is 3.72. The van der Waals surface area contributed by atoms with E-state index in [1.54, 1.807) is 0 Å². The Balaban J connectivity index is 1.26. The summed E-state index contributed by atoms with van der Waals surface area (Å²) < 4.78 is 0. The van der Waals surface area contributed by atoms with Gasteiger partial charge in [0.05, 0.1) is 36.5 Å². The number of hydrogen-bond donors (Lipinski definition) is 4. The fourth-order valence-electron chi connectivity index (χ4n) is 6.82. The van der Waals surface area contributed by atoms with Gasteiger partial charge in [-0.2, -0.15) is 0 Å². The maximum Gasteiger partial charge on any atom is 0.0846 e. The summed E-state index contributed by atoms with van der Waals surface area (Å²) in [7, 11) is 0. The van der Waals surface area contributed by atoms with E-state index in [1.807, 2.05) is 0 Å². The zero-order valence-corrected chi connectivity index (χ0v) is 25.7. The minimum absolute atomic E-state index is 0.00251. The third kappa shape index (κ3) is 5.87. The van der Waals surface area contributed by atoms with E-state index in [4.69, 9.17) is 0 Å². The Kier molecular flexibility index (Phi) is 7.92. The van der Waals surface area contributed by atoms with Gasteiger partial charge in [0.25, 0.3) is 0 Å². The second kappa shape index (κ2) is 12.1. The Morgan fingerprint density at radius 1 is 0.364 bits per heavy atom. The fourth-order valence-corrected chi connectivity index (χ4v) is 6.82. The molecule has 7 rings (SSSR count). The van der Waals surface area contributed by atoms with Gasteiger partial charge in [0.15, 0.2) is 0 Å². The van der Waals surface area contributed by atoms with Gasteiger partial charge in [0.2, 0.25) is 0 Å². The third-order valence-electron chi connectivity index (χ3n) is 9.20. The summed E-state index contributed by atoms with van der Waals surface area (Å²) in [5, 5.41) is 15.9. The molecule has 4 N–H and O–H groups in total. The Bertz CT molecular complexity index is 1450. The molecule has 222 valence electrons. The largest absolute Gasteiger partial charge is 0.289 e. The molecule has 0 saturated carbocycles. The van der Waals surface area contributed by atoms with Crippen LogP contribution in [0.2, 0.25) is 0 Å². The molecule has 0 spiro atoms. The lowest BCUT2D eigenvalue weighted by Crippen LogP contribution is -2.27. The highest BCUT2D eigenvalue weighted by molar-refractivity contribution is 5.41. The summed E-state index contributed by atoms with van der Waals surface area (Å²) in [6.07, 6.45) is 0.00501. The Hall–Kier alpha value is -4.06. The van der Waals surface area contributed by atoms with Gasteiger partial charge < -0.3 is 0 Å². The van der Waals surface area contributed by atoms with E-state index in [0.29, 0.717) is 0 Å². The van der Waals surface area contributed by atoms with Gasteiger partial charge in [-0.1, -0.05) is 154 Å². The van der Waals surface area contributed by atoms with Crippen molar-refractivity contribution in [2.45, 2.75) is 62.7 Å². The highest BCUT2D eigenvalue weighted by Gasteiger charge is 2.38. The van der Waals surface area contributed by atoms with Crippen LogP contribution in [-0.4, -0.2) is 0 Å². The van der Waals surface area contributed by atoms with E-state index in [0.717, 1.165) is 0 Å². The standard InChI is InChI=1S/C40H42N4/c1-40(2,3)33-25-31(38-41-34(27-16-8-4-9-17-27)35(42-38)28-18-10-5-11-19-28)24-32(26-33)39-43-36(29-20-12-6-13-21-29)37(44-39)30-22-14-7-15-23-30/h4-26,34-39,41-44H,1-3H3/t34-,35-,36-,37-/m1/s1. The molecule has 2 saturated heterocycles. The van der Waals surface area contributed by atoms with Crippen molar-refractivity contribution in [2.75, 3.05) is 0 Å². The number of rotatable bonds is 6. The van der Waals surface area contributed by atoms with Crippen LogP contribution in [0.25, 0.3) is 0 Å². The van der Waals surface area contributed by atoms with Crippen LogP contribution >= 0.6 is 0 Å². The van der Waals surface area contributed by atoms with Gasteiger partial charge in [0, 0.05) is 0 Å². The van der Waals surface area contributed by atoms with Crippen LogP contribution in [0, 0.1) is 0 Å². The molecule has 0 aromatic heterocycles. The molecule has 0 aliphatic carbocycles. The van der Waals surface area contributed by atoms with Crippen molar-refractivity contribution < 1.29 is 0 Å². The molecule has 0 unspecified atom stereocenters. The molecule has 0 bridgehead atoms. The van der Waals surface area contributed by atoms with E-state index in [9.17, 15) is 0 Å². The summed E-state index contributed by atoms with van der Waals surface area (Å²) in [5.74, 6) is 0. The van der Waals surface area contributed by atoms with Crippen molar-refractivity contribution in [1.29, 1.82) is 0 Å². The summed E-state index contributed by atoms with van der Waals surface area (Å²) in [5.41, 5.74) is 9.01. The van der Waals surface area contributed by atoms with Crippen molar-refractivity contribution >= 4 is 0 Å². The van der Waals surface area contributed by atoms with Crippen LogP contribution in [0.4, 0.5) is 0 Å². The Morgan fingerprint density at radius 3 is 0.886 bits per heavy atom. The molecule has 0 amide bonds. The number of nitrogens with one attached hydrogen (secondary N) is 4. The van der Waals surface area contributed by atoms with E-state index in [-0.39, 0.29) is 41.9 Å². The zero-order chi connectivity index (χ0) is 30.1. The smallest absolute Gasteiger partial charge is 0.0846 e. The van der Waals surface area contributed by atoms with Crippen LogP contribution in [0.15, 0.2) is 140 Å². The molecule has 4 atom stereocenters. The molecule has 5 aromatic rings. The highest BCUT2D eigenvalue weighted by atomic mass is 15.3. The Labute approximate surface area is 261 Å². The molecular weight excluding hydrogens is 536 g/mol. The first-order valence-electron chi connectivity index (χ1n) is 15.8. The van der Waals surface area contributed by atoms with Crippen LogP contribution in [0.5, 0.6) is 0 Å². The molecule has 4 nitrogen and oxygen atoms in total. The van der Waals surface area contributed by atoms with E-state index < -0.39 is 0 Å². The van der Waals surface area contributed by atoms with Gasteiger partial charge in [-0.25, -0.2) is 0 Å². The maximum atomic E-state index is 3.99. The van der Waals surface area contributed by atoms with Gasteiger partial charge in [-0.05, 0) is 50.4 Å². The zero-order valence-electron chi connectivity index (χ0n) is 25.7. The number of benzene rings is 5. The number of hydrogen-bond acceptors (Lipinski definition) is 4. The van der Waals surface area contributed by atoms with Crippen LogP contribution in [0.1, 0.15) is 96.2 Å². The minimum atomic E-state index is -0.00268. The van der Waals surface area contributed by atoms with Gasteiger partial charge in [-0.15, -0.1) is 0 Å². The van der Waals surface area contributed by atoms with Crippen molar-refractivity contribution in [1.82, 2.24) is 21.3 Å². The van der Waals surface area contributed by atoms with E-state index in [1.165, 1.54) is 38.9 Å². The summed E-state index contributed by atoms with van der Waals surface area (Å²) in [6.45, 7) is 6.92. The molecule has 5 aromatic carbocycles. The molecule has 0 radical (unpaired) electrons. The second-order valence-electron chi connectivity index (χ2n) is 13.2. The summed E-state index contributed by atoms with van der Waals surface area (Å²) in [6, 6.07) is 51.0. The predicted octanol–water partition coefficient (Wildman–Crippen LogP) is 8.33.